The van der Waals surface area contributed by atoms with Crippen molar-refractivity contribution < 1.29 is 37.1 Å². The lowest BCUT2D eigenvalue weighted by Crippen LogP contribution is -2.70. The lowest BCUT2D eigenvalue weighted by Gasteiger charge is -2.48. The molecule has 12 heteroatoms. The smallest absolute Gasteiger partial charge is 0.488 e. The highest BCUT2D eigenvalue weighted by atomic mass is 19.4. The van der Waals surface area contributed by atoms with Crippen LogP contribution in [0.3, 0.4) is 0 Å². The topological polar surface area (TPSA) is 92.4 Å². The molecule has 0 radical (unpaired) electrons. The fourth-order valence-electron chi connectivity index (χ4n) is 3.40. The average Bonchev–Trinajstić information content (AvgIpc) is 2.63. The predicted molar refractivity (Wildman–Crippen MR) is 91.7 cm³/mol. The van der Waals surface area contributed by atoms with Crippen LogP contribution in [0.4, 0.5) is 18.9 Å². The lowest BCUT2D eigenvalue weighted by atomic mass is 10.00. The molecule has 1 aromatic carbocycles. The molecular formula is C17H19F3N4O5. The van der Waals surface area contributed by atoms with Gasteiger partial charge in [0.25, 0.3) is 5.91 Å². The molecule has 9 nitrogen and oxygen atoms in total. The summed E-state index contributed by atoms with van der Waals surface area (Å²) in [4.78, 5) is 29.5. The largest absolute Gasteiger partial charge is 0.492 e. The van der Waals surface area contributed by atoms with E-state index < -0.39 is 30.3 Å². The maximum atomic E-state index is 12.6. The Labute approximate surface area is 163 Å². The van der Waals surface area contributed by atoms with E-state index in [4.69, 9.17) is 9.47 Å². The SMILES string of the molecule is CC1C(=O)NN(OC(=O)C(F)(F)F)C2COc3ccc(OC4(C)CNC4)cc3N12. The van der Waals surface area contributed by atoms with E-state index in [1.165, 1.54) is 4.90 Å². The summed E-state index contributed by atoms with van der Waals surface area (Å²) >= 11 is 0. The molecule has 29 heavy (non-hydrogen) atoms. The highest BCUT2D eigenvalue weighted by Gasteiger charge is 2.49. The number of hydrogen-bond acceptors (Lipinski definition) is 8. The maximum Gasteiger partial charge on any atom is 0.492 e. The molecule has 2 N–H and O–H groups in total. The van der Waals surface area contributed by atoms with E-state index in [-0.39, 0.29) is 12.2 Å². The van der Waals surface area contributed by atoms with Crippen LogP contribution in [0.25, 0.3) is 0 Å². The van der Waals surface area contributed by atoms with Crippen LogP contribution in [-0.4, -0.2) is 60.7 Å². The minimum Gasteiger partial charge on any atom is -0.488 e. The number of hydrazine groups is 1. The van der Waals surface area contributed by atoms with Gasteiger partial charge in [0.15, 0.2) is 6.17 Å². The van der Waals surface area contributed by atoms with Crippen molar-refractivity contribution in [2.24, 2.45) is 0 Å². The first-order chi connectivity index (χ1) is 13.6. The summed E-state index contributed by atoms with van der Waals surface area (Å²) in [6.45, 7) is 4.74. The van der Waals surface area contributed by atoms with E-state index in [2.05, 4.69) is 15.6 Å². The Morgan fingerprint density at radius 2 is 2.07 bits per heavy atom. The van der Waals surface area contributed by atoms with Crippen LogP contribution >= 0.6 is 0 Å². The molecule has 2 atom stereocenters. The summed E-state index contributed by atoms with van der Waals surface area (Å²) in [5, 5.41) is 3.60. The van der Waals surface area contributed by atoms with E-state index >= 15 is 0 Å². The van der Waals surface area contributed by atoms with Crippen molar-refractivity contribution in [3.8, 4) is 11.5 Å². The first-order valence-electron chi connectivity index (χ1n) is 8.91. The van der Waals surface area contributed by atoms with E-state index in [0.29, 0.717) is 35.4 Å². The van der Waals surface area contributed by atoms with Crippen molar-refractivity contribution in [2.75, 3.05) is 24.6 Å². The fourth-order valence-corrected chi connectivity index (χ4v) is 3.40. The predicted octanol–water partition coefficient (Wildman–Crippen LogP) is 0.708. The van der Waals surface area contributed by atoms with Crippen molar-refractivity contribution in [1.82, 2.24) is 15.9 Å². The zero-order valence-electron chi connectivity index (χ0n) is 15.6. The van der Waals surface area contributed by atoms with Crippen LogP contribution in [0.5, 0.6) is 11.5 Å². The summed E-state index contributed by atoms with van der Waals surface area (Å²) in [7, 11) is 0. The number of nitrogens with zero attached hydrogens (tertiary/aromatic N) is 2. The second-order valence-electron chi connectivity index (χ2n) is 7.34. The Bertz CT molecular complexity index is 845. The van der Waals surface area contributed by atoms with Crippen molar-refractivity contribution in [3.63, 3.8) is 0 Å². The van der Waals surface area contributed by atoms with Crippen LogP contribution in [0, 0.1) is 0 Å². The minimum absolute atomic E-state index is 0.134. The molecule has 0 saturated carbocycles. The lowest BCUT2D eigenvalue weighted by molar-refractivity contribution is -0.265. The number of rotatable bonds is 3. The van der Waals surface area contributed by atoms with Crippen molar-refractivity contribution in [1.29, 1.82) is 0 Å². The summed E-state index contributed by atoms with van der Waals surface area (Å²) in [6, 6.07) is 4.30. The average molecular weight is 416 g/mol. The Kier molecular flexibility index (Phi) is 4.50. The summed E-state index contributed by atoms with van der Waals surface area (Å²) in [5.41, 5.74) is 2.24. The molecule has 0 bridgehead atoms. The quantitative estimate of drug-likeness (QED) is 0.745. The number of anilines is 1. The standard InChI is InChI=1S/C17H19F3N4O5/c1-9-14(25)22-24(29-15(26)17(18,19)20)13-6-27-12-4-3-10(5-11(12)23(9)13)28-16(2)7-21-8-16/h3-5,9,13,21H,6-8H2,1-2H3,(H,22,25). The molecule has 158 valence electrons. The summed E-state index contributed by atoms with van der Waals surface area (Å²) in [6.07, 6.45) is -6.20. The number of nitrogens with one attached hydrogen (secondary N) is 2. The van der Waals surface area contributed by atoms with Crippen LogP contribution in [0.15, 0.2) is 18.2 Å². The van der Waals surface area contributed by atoms with Crippen LogP contribution < -0.4 is 25.1 Å². The zero-order chi connectivity index (χ0) is 21.0. The van der Waals surface area contributed by atoms with Gasteiger partial charge in [-0.2, -0.15) is 13.2 Å². The number of alkyl halides is 3. The maximum absolute atomic E-state index is 12.6. The number of amides is 1. The molecule has 3 aliphatic heterocycles. The van der Waals surface area contributed by atoms with E-state index in [9.17, 15) is 22.8 Å². The summed E-state index contributed by atoms with van der Waals surface area (Å²) in [5.74, 6) is -2.12. The van der Waals surface area contributed by atoms with E-state index in [0.717, 1.165) is 0 Å². The second-order valence-corrected chi connectivity index (χ2v) is 7.34. The Hall–Kier alpha value is -2.73. The minimum atomic E-state index is -5.21. The van der Waals surface area contributed by atoms with Gasteiger partial charge in [-0.3, -0.25) is 10.2 Å². The monoisotopic (exact) mass is 416 g/mol. The Morgan fingerprint density at radius 3 is 2.69 bits per heavy atom. The van der Waals surface area contributed by atoms with Crippen LogP contribution in [0.2, 0.25) is 0 Å². The molecule has 3 heterocycles. The van der Waals surface area contributed by atoms with Gasteiger partial charge in [0.1, 0.15) is 29.7 Å². The molecule has 0 spiro atoms. The molecule has 2 fully saturated rings. The van der Waals surface area contributed by atoms with Gasteiger partial charge in [-0.1, -0.05) is 0 Å². The second kappa shape index (κ2) is 6.66. The third kappa shape index (κ3) is 3.53. The highest BCUT2D eigenvalue weighted by Crippen LogP contribution is 2.40. The molecule has 2 saturated heterocycles. The third-order valence-electron chi connectivity index (χ3n) is 4.98. The van der Waals surface area contributed by atoms with Crippen molar-refractivity contribution in [2.45, 2.75) is 37.8 Å². The number of benzene rings is 1. The molecular weight excluding hydrogens is 397 g/mol. The first-order valence-corrected chi connectivity index (χ1v) is 8.91. The van der Waals surface area contributed by atoms with Crippen LogP contribution in [-0.2, 0) is 14.4 Å². The molecule has 1 aromatic rings. The molecule has 1 amide bonds. The van der Waals surface area contributed by atoms with E-state index in [1.54, 1.807) is 25.1 Å². The van der Waals surface area contributed by atoms with Gasteiger partial charge in [-0.05, 0) is 31.2 Å². The number of hydroxylamine groups is 1. The number of fused-ring (bicyclic) bond motifs is 3. The van der Waals surface area contributed by atoms with Crippen molar-refractivity contribution >= 4 is 17.6 Å². The van der Waals surface area contributed by atoms with Gasteiger partial charge in [0.2, 0.25) is 0 Å². The number of carbonyl (C=O) groups excluding carboxylic acids is 2. The highest BCUT2D eigenvalue weighted by molar-refractivity contribution is 5.87. The fraction of sp³-hybridized carbons (Fsp3) is 0.529. The van der Waals surface area contributed by atoms with Gasteiger partial charge >= 0.3 is 12.1 Å². The van der Waals surface area contributed by atoms with Gasteiger partial charge in [-0.25, -0.2) is 4.79 Å². The molecule has 0 aromatic heterocycles. The van der Waals surface area contributed by atoms with E-state index in [1.807, 2.05) is 6.92 Å². The first kappa shape index (κ1) is 19.6. The molecule has 2 unspecified atom stereocenters. The number of ether oxygens (including phenoxy) is 2. The normalized spacial score (nSPS) is 25.7. The molecule has 0 aliphatic carbocycles. The summed E-state index contributed by atoms with van der Waals surface area (Å²) < 4.78 is 49.4. The van der Waals surface area contributed by atoms with Gasteiger partial charge < -0.3 is 24.5 Å². The molecule has 3 aliphatic rings. The van der Waals surface area contributed by atoms with Crippen LogP contribution in [0.1, 0.15) is 13.8 Å². The van der Waals surface area contributed by atoms with Gasteiger partial charge in [0, 0.05) is 19.2 Å². The number of hydrogen-bond donors (Lipinski definition) is 2. The van der Waals surface area contributed by atoms with Gasteiger partial charge in [0.05, 0.1) is 5.69 Å². The Morgan fingerprint density at radius 1 is 1.34 bits per heavy atom. The molecule has 4 rings (SSSR count). The third-order valence-corrected chi connectivity index (χ3v) is 4.98. The van der Waals surface area contributed by atoms with Crippen molar-refractivity contribution in [3.05, 3.63) is 18.2 Å². The Balaban J connectivity index is 1.63. The number of halogens is 3. The number of carbonyl (C=O) groups is 2. The zero-order valence-corrected chi connectivity index (χ0v) is 15.6. The van der Waals surface area contributed by atoms with Gasteiger partial charge in [-0.15, -0.1) is 0 Å².